The first-order valence-electron chi connectivity index (χ1n) is 7.63. The van der Waals surface area contributed by atoms with E-state index >= 15 is 0 Å². The van der Waals surface area contributed by atoms with Gasteiger partial charge in [0.05, 0.1) is 0 Å². The highest BCUT2D eigenvalue weighted by Crippen LogP contribution is 2.23. The molecule has 8 heteroatoms. The molecular formula is C16H18F3NO4. The van der Waals surface area contributed by atoms with Crippen molar-refractivity contribution in [3.8, 4) is 5.75 Å². The van der Waals surface area contributed by atoms with Crippen molar-refractivity contribution >= 4 is 11.9 Å². The Labute approximate surface area is 137 Å². The lowest BCUT2D eigenvalue weighted by Crippen LogP contribution is -2.48. The Hall–Kier alpha value is -2.25. The largest absolute Gasteiger partial charge is 0.573 e. The third-order valence-electron chi connectivity index (χ3n) is 3.89. The maximum Gasteiger partial charge on any atom is 0.573 e. The average Bonchev–Trinajstić information content (AvgIpc) is 2.52. The van der Waals surface area contributed by atoms with E-state index in [1.807, 2.05) is 0 Å². The van der Waals surface area contributed by atoms with Crippen molar-refractivity contribution in [2.45, 2.75) is 44.5 Å². The number of piperidine rings is 1. The number of amides is 1. The van der Waals surface area contributed by atoms with E-state index in [1.54, 1.807) is 0 Å². The van der Waals surface area contributed by atoms with Crippen molar-refractivity contribution in [2.75, 3.05) is 6.54 Å². The summed E-state index contributed by atoms with van der Waals surface area (Å²) in [6.45, 7) is 0.425. The lowest BCUT2D eigenvalue weighted by atomic mass is 10.0. The number of hydrogen-bond donors (Lipinski definition) is 1. The van der Waals surface area contributed by atoms with Crippen molar-refractivity contribution < 1.29 is 32.6 Å². The van der Waals surface area contributed by atoms with E-state index in [-0.39, 0.29) is 18.1 Å². The van der Waals surface area contributed by atoms with Gasteiger partial charge in [0.2, 0.25) is 5.91 Å². The first-order valence-corrected chi connectivity index (χ1v) is 7.63. The summed E-state index contributed by atoms with van der Waals surface area (Å²) < 4.78 is 40.0. The zero-order valence-corrected chi connectivity index (χ0v) is 12.9. The zero-order valence-electron chi connectivity index (χ0n) is 12.9. The summed E-state index contributed by atoms with van der Waals surface area (Å²) in [6.07, 6.45) is -2.29. The molecule has 1 amide bonds. The van der Waals surface area contributed by atoms with Crippen LogP contribution in [0.25, 0.3) is 0 Å². The van der Waals surface area contributed by atoms with Gasteiger partial charge in [0, 0.05) is 13.0 Å². The SMILES string of the molecule is O=C(O)[C@H]1CCCCN1C(=O)CCc1ccc(OC(F)(F)F)cc1. The molecule has 1 aliphatic rings. The molecule has 24 heavy (non-hydrogen) atoms. The van der Waals surface area contributed by atoms with E-state index in [1.165, 1.54) is 29.2 Å². The Kier molecular flexibility index (Phi) is 5.69. The Morgan fingerprint density at radius 1 is 1.21 bits per heavy atom. The van der Waals surface area contributed by atoms with Crippen LogP contribution in [0.1, 0.15) is 31.2 Å². The average molecular weight is 345 g/mol. The Morgan fingerprint density at radius 2 is 1.88 bits per heavy atom. The second kappa shape index (κ2) is 7.55. The van der Waals surface area contributed by atoms with Crippen molar-refractivity contribution in [2.24, 2.45) is 0 Å². The van der Waals surface area contributed by atoms with Gasteiger partial charge in [-0.05, 0) is 43.4 Å². The summed E-state index contributed by atoms with van der Waals surface area (Å²) in [4.78, 5) is 24.8. The number of halogens is 3. The van der Waals surface area contributed by atoms with Crippen molar-refractivity contribution in [3.05, 3.63) is 29.8 Å². The predicted octanol–water partition coefficient (Wildman–Crippen LogP) is 2.98. The lowest BCUT2D eigenvalue weighted by Gasteiger charge is -2.33. The number of rotatable bonds is 5. The van der Waals surface area contributed by atoms with E-state index in [2.05, 4.69) is 4.74 Å². The summed E-state index contributed by atoms with van der Waals surface area (Å²) in [7, 11) is 0. The van der Waals surface area contributed by atoms with Crippen molar-refractivity contribution in [1.82, 2.24) is 4.90 Å². The van der Waals surface area contributed by atoms with Crippen LogP contribution in [0.15, 0.2) is 24.3 Å². The molecule has 0 unspecified atom stereocenters. The number of benzene rings is 1. The molecule has 1 aromatic rings. The van der Waals surface area contributed by atoms with Crippen LogP contribution in [-0.4, -0.2) is 40.8 Å². The number of nitrogens with zero attached hydrogens (tertiary/aromatic N) is 1. The first-order chi connectivity index (χ1) is 11.3. The third-order valence-corrected chi connectivity index (χ3v) is 3.89. The van der Waals surface area contributed by atoms with Gasteiger partial charge >= 0.3 is 12.3 Å². The molecule has 0 radical (unpaired) electrons. The van der Waals surface area contributed by atoms with Gasteiger partial charge in [-0.25, -0.2) is 4.79 Å². The van der Waals surface area contributed by atoms with E-state index in [4.69, 9.17) is 5.11 Å². The van der Waals surface area contributed by atoms with E-state index < -0.39 is 18.4 Å². The third kappa shape index (κ3) is 5.14. The van der Waals surface area contributed by atoms with Gasteiger partial charge in [-0.2, -0.15) is 0 Å². The number of carboxylic acids is 1. The van der Waals surface area contributed by atoms with E-state index in [0.717, 1.165) is 12.8 Å². The number of likely N-dealkylation sites (tertiary alicyclic amines) is 1. The molecule has 0 bridgehead atoms. The summed E-state index contributed by atoms with van der Waals surface area (Å²) in [5.41, 5.74) is 0.682. The van der Waals surface area contributed by atoms with Gasteiger partial charge in [0.1, 0.15) is 11.8 Å². The molecule has 1 aliphatic heterocycles. The highest BCUT2D eigenvalue weighted by atomic mass is 19.4. The second-order valence-corrected chi connectivity index (χ2v) is 5.63. The molecule has 0 aromatic heterocycles. The van der Waals surface area contributed by atoms with Crippen LogP contribution in [0.2, 0.25) is 0 Å². The minimum atomic E-state index is -4.74. The number of alkyl halides is 3. The highest BCUT2D eigenvalue weighted by molar-refractivity contribution is 5.84. The molecule has 1 saturated heterocycles. The fourth-order valence-corrected chi connectivity index (χ4v) is 2.74. The monoisotopic (exact) mass is 345 g/mol. The molecule has 1 heterocycles. The Morgan fingerprint density at radius 3 is 2.46 bits per heavy atom. The molecule has 2 rings (SSSR count). The summed E-state index contributed by atoms with van der Waals surface area (Å²) in [6, 6.07) is 4.51. The number of aryl methyl sites for hydroxylation is 1. The number of aliphatic carboxylic acids is 1. The number of carbonyl (C=O) groups is 2. The molecule has 0 saturated carbocycles. The van der Waals surface area contributed by atoms with Gasteiger partial charge in [-0.15, -0.1) is 13.2 Å². The maximum atomic E-state index is 12.2. The van der Waals surface area contributed by atoms with Crippen LogP contribution in [0.3, 0.4) is 0 Å². The van der Waals surface area contributed by atoms with E-state index in [0.29, 0.717) is 24.9 Å². The van der Waals surface area contributed by atoms with Crippen LogP contribution in [0, 0.1) is 0 Å². The van der Waals surface area contributed by atoms with Gasteiger partial charge in [0.25, 0.3) is 0 Å². The summed E-state index contributed by atoms with van der Waals surface area (Å²) in [5, 5.41) is 9.17. The van der Waals surface area contributed by atoms with Gasteiger partial charge in [-0.3, -0.25) is 4.79 Å². The standard InChI is InChI=1S/C16H18F3NO4/c17-16(18,19)24-12-7-4-11(5-8-12)6-9-14(21)20-10-2-1-3-13(20)15(22)23/h4-5,7-8,13H,1-3,6,9-10H2,(H,22,23)/t13-/m1/s1. The Bertz CT molecular complexity index is 586. The van der Waals surface area contributed by atoms with Gasteiger partial charge < -0.3 is 14.7 Å². The summed E-state index contributed by atoms with van der Waals surface area (Å²) >= 11 is 0. The van der Waals surface area contributed by atoms with Crippen LogP contribution < -0.4 is 4.74 Å². The number of carboxylic acid groups (broad SMARTS) is 1. The lowest BCUT2D eigenvalue weighted by molar-refractivity contribution is -0.274. The Balaban J connectivity index is 1.90. The summed E-state index contributed by atoms with van der Waals surface area (Å²) in [5.74, 6) is -1.58. The normalized spacial score (nSPS) is 18.3. The maximum absolute atomic E-state index is 12.2. The molecule has 5 nitrogen and oxygen atoms in total. The first kappa shape index (κ1) is 18.1. The molecule has 1 fully saturated rings. The molecule has 0 aliphatic carbocycles. The van der Waals surface area contributed by atoms with Gasteiger partial charge in [0.15, 0.2) is 0 Å². The topological polar surface area (TPSA) is 66.8 Å². The number of ether oxygens (including phenoxy) is 1. The van der Waals surface area contributed by atoms with E-state index in [9.17, 15) is 22.8 Å². The smallest absolute Gasteiger partial charge is 0.480 e. The molecule has 132 valence electrons. The number of carbonyl (C=O) groups excluding carboxylic acids is 1. The molecule has 1 aromatic carbocycles. The van der Waals surface area contributed by atoms with Crippen LogP contribution in [-0.2, 0) is 16.0 Å². The van der Waals surface area contributed by atoms with Crippen molar-refractivity contribution in [3.63, 3.8) is 0 Å². The highest BCUT2D eigenvalue weighted by Gasteiger charge is 2.32. The molecule has 1 N–H and O–H groups in total. The fraction of sp³-hybridized carbons (Fsp3) is 0.500. The zero-order chi connectivity index (χ0) is 17.7. The molecule has 0 spiro atoms. The molecule has 1 atom stereocenters. The quantitative estimate of drug-likeness (QED) is 0.891. The predicted molar refractivity (Wildman–Crippen MR) is 78.4 cm³/mol. The number of hydrogen-bond acceptors (Lipinski definition) is 3. The van der Waals surface area contributed by atoms with Crippen LogP contribution in [0.4, 0.5) is 13.2 Å². The molecular weight excluding hydrogens is 327 g/mol. The van der Waals surface area contributed by atoms with Crippen LogP contribution >= 0.6 is 0 Å². The van der Waals surface area contributed by atoms with Crippen molar-refractivity contribution in [1.29, 1.82) is 0 Å². The van der Waals surface area contributed by atoms with Crippen LogP contribution in [0.5, 0.6) is 5.75 Å². The minimum Gasteiger partial charge on any atom is -0.480 e. The fourth-order valence-electron chi connectivity index (χ4n) is 2.74. The van der Waals surface area contributed by atoms with Gasteiger partial charge in [-0.1, -0.05) is 12.1 Å². The minimum absolute atomic E-state index is 0.114. The second-order valence-electron chi connectivity index (χ2n) is 5.63.